The highest BCUT2D eigenvalue weighted by molar-refractivity contribution is 8.14. The number of carbonyl (C=O) groups excluding carboxylic acids is 3. The third kappa shape index (κ3) is 6.24. The number of amides is 2. The SMILES string of the molecule is CN1/C(=N/NC(=O)C(=O)C(NC(=O)C2CCCCCC2)C2CCCCC2)SCC1(C)C. The Bertz CT molecular complexity index is 695. The molecule has 1 saturated heterocycles. The first-order valence-electron chi connectivity index (χ1n) is 11.9. The van der Waals surface area contributed by atoms with Gasteiger partial charge < -0.3 is 10.2 Å². The molecule has 0 aromatic carbocycles. The molecule has 3 aliphatic rings. The van der Waals surface area contributed by atoms with Crippen LogP contribution < -0.4 is 10.7 Å². The maximum absolute atomic E-state index is 13.1. The minimum absolute atomic E-state index is 0.0249. The molecule has 1 unspecified atom stereocenters. The fourth-order valence-electron chi connectivity index (χ4n) is 4.77. The fourth-order valence-corrected chi connectivity index (χ4v) is 6.00. The van der Waals surface area contributed by atoms with Crippen LogP contribution in [0, 0.1) is 11.8 Å². The summed E-state index contributed by atoms with van der Waals surface area (Å²) in [5.74, 6) is -0.509. The van der Waals surface area contributed by atoms with E-state index in [9.17, 15) is 14.4 Å². The van der Waals surface area contributed by atoms with Crippen LogP contribution in [0.3, 0.4) is 0 Å². The van der Waals surface area contributed by atoms with Gasteiger partial charge in [-0.15, -0.1) is 5.10 Å². The lowest BCUT2D eigenvalue weighted by molar-refractivity contribution is -0.141. The average Bonchev–Trinajstić information content (AvgIpc) is 2.96. The Labute approximate surface area is 190 Å². The third-order valence-electron chi connectivity index (χ3n) is 7.15. The largest absolute Gasteiger partial charge is 0.347 e. The van der Waals surface area contributed by atoms with E-state index < -0.39 is 17.7 Å². The van der Waals surface area contributed by atoms with E-state index in [1.807, 2.05) is 11.9 Å². The van der Waals surface area contributed by atoms with Crippen LogP contribution in [0.15, 0.2) is 5.10 Å². The number of carbonyl (C=O) groups is 3. The number of hydrogen-bond acceptors (Lipinski definition) is 5. The van der Waals surface area contributed by atoms with Gasteiger partial charge in [-0.05, 0) is 45.4 Å². The van der Waals surface area contributed by atoms with E-state index >= 15 is 0 Å². The van der Waals surface area contributed by atoms with Crippen LogP contribution in [-0.4, -0.2) is 52.0 Å². The number of hydrogen-bond donors (Lipinski definition) is 2. The van der Waals surface area contributed by atoms with Crippen LogP contribution in [0.2, 0.25) is 0 Å². The van der Waals surface area contributed by atoms with Crippen molar-refractivity contribution in [2.75, 3.05) is 12.8 Å². The van der Waals surface area contributed by atoms with Gasteiger partial charge in [0.05, 0.1) is 0 Å². The van der Waals surface area contributed by atoms with Crippen molar-refractivity contribution in [2.24, 2.45) is 16.9 Å². The van der Waals surface area contributed by atoms with Gasteiger partial charge in [-0.1, -0.05) is 56.7 Å². The summed E-state index contributed by atoms with van der Waals surface area (Å²) in [6, 6.07) is -0.748. The Balaban J connectivity index is 1.66. The molecule has 174 valence electrons. The minimum Gasteiger partial charge on any atom is -0.347 e. The Hall–Kier alpha value is -1.57. The van der Waals surface area contributed by atoms with Gasteiger partial charge in [0.1, 0.15) is 6.04 Å². The fraction of sp³-hybridized carbons (Fsp3) is 0.826. The zero-order valence-electron chi connectivity index (χ0n) is 19.2. The number of Topliss-reactive ketones (excluding diaryl/α,β-unsaturated/α-hetero) is 1. The van der Waals surface area contributed by atoms with Crippen molar-refractivity contribution in [1.29, 1.82) is 0 Å². The summed E-state index contributed by atoms with van der Waals surface area (Å²) >= 11 is 1.56. The van der Waals surface area contributed by atoms with Gasteiger partial charge in [-0.2, -0.15) is 0 Å². The molecule has 1 aliphatic heterocycles. The van der Waals surface area contributed by atoms with Crippen LogP contribution in [-0.2, 0) is 14.4 Å². The van der Waals surface area contributed by atoms with E-state index in [1.165, 1.54) is 12.8 Å². The molecule has 1 atom stereocenters. The molecular weight excluding hydrogens is 412 g/mol. The van der Waals surface area contributed by atoms with E-state index in [1.54, 1.807) is 11.8 Å². The van der Waals surface area contributed by atoms with Crippen LogP contribution >= 0.6 is 11.8 Å². The number of nitrogens with one attached hydrogen (secondary N) is 2. The topological polar surface area (TPSA) is 90.9 Å². The minimum atomic E-state index is -0.748. The molecule has 2 aliphatic carbocycles. The smallest absolute Gasteiger partial charge is 0.309 e. The van der Waals surface area contributed by atoms with Crippen molar-refractivity contribution < 1.29 is 14.4 Å². The van der Waals surface area contributed by atoms with Gasteiger partial charge in [-0.25, -0.2) is 5.43 Å². The van der Waals surface area contributed by atoms with Crippen molar-refractivity contribution in [3.05, 3.63) is 0 Å². The van der Waals surface area contributed by atoms with Crippen LogP contribution in [0.25, 0.3) is 0 Å². The van der Waals surface area contributed by atoms with Crippen molar-refractivity contribution >= 4 is 34.5 Å². The van der Waals surface area contributed by atoms with Crippen molar-refractivity contribution in [1.82, 2.24) is 15.6 Å². The Morgan fingerprint density at radius 1 is 1.00 bits per heavy atom. The Kier molecular flexibility index (Phi) is 8.42. The van der Waals surface area contributed by atoms with Crippen molar-refractivity contribution in [2.45, 2.75) is 96.1 Å². The second-order valence-electron chi connectivity index (χ2n) is 9.93. The van der Waals surface area contributed by atoms with E-state index in [0.29, 0.717) is 5.17 Å². The molecule has 2 saturated carbocycles. The molecule has 0 spiro atoms. The van der Waals surface area contributed by atoms with Gasteiger partial charge in [0.2, 0.25) is 11.7 Å². The zero-order chi connectivity index (χ0) is 22.4. The highest BCUT2D eigenvalue weighted by Crippen LogP contribution is 2.31. The lowest BCUT2D eigenvalue weighted by Gasteiger charge is -2.30. The molecule has 3 fully saturated rings. The summed E-state index contributed by atoms with van der Waals surface area (Å²) in [5, 5.41) is 7.90. The first kappa shape index (κ1) is 24.1. The Morgan fingerprint density at radius 2 is 1.58 bits per heavy atom. The normalized spacial score (nSPS) is 25.1. The summed E-state index contributed by atoms with van der Waals surface area (Å²) in [5.41, 5.74) is 2.41. The van der Waals surface area contributed by atoms with Crippen LogP contribution in [0.1, 0.15) is 84.5 Å². The first-order valence-corrected chi connectivity index (χ1v) is 12.9. The standard InChI is InChI=1S/C23H38N4O3S/c1-23(2)15-31-22(27(23)3)26-25-21(30)19(28)18(16-11-9-6-10-12-16)24-20(29)17-13-7-4-5-8-14-17/h16-18H,4-15H2,1-3H3,(H,24,29)(H,25,30)/b26-22-. The van der Waals surface area contributed by atoms with Gasteiger partial charge in [0.15, 0.2) is 5.17 Å². The number of hydrazone groups is 1. The second-order valence-corrected chi connectivity index (χ2v) is 10.9. The maximum Gasteiger partial charge on any atom is 0.309 e. The average molecular weight is 451 g/mol. The molecule has 0 bridgehead atoms. The number of thioether (sulfide) groups is 1. The van der Waals surface area contributed by atoms with Crippen molar-refractivity contribution in [3.63, 3.8) is 0 Å². The molecular formula is C23H38N4O3S. The molecule has 0 aromatic rings. The molecule has 2 amide bonds. The van der Waals surface area contributed by atoms with Gasteiger partial charge in [0.25, 0.3) is 0 Å². The Morgan fingerprint density at radius 3 is 2.16 bits per heavy atom. The summed E-state index contributed by atoms with van der Waals surface area (Å²) in [6.45, 7) is 4.22. The van der Waals surface area contributed by atoms with E-state index in [2.05, 4.69) is 29.7 Å². The van der Waals surface area contributed by atoms with E-state index in [4.69, 9.17) is 0 Å². The third-order valence-corrected chi connectivity index (χ3v) is 8.63. The predicted molar refractivity (Wildman–Crippen MR) is 125 cm³/mol. The number of rotatable bonds is 6. The lowest BCUT2D eigenvalue weighted by Crippen LogP contribution is -2.52. The highest BCUT2D eigenvalue weighted by Gasteiger charge is 2.37. The molecule has 8 heteroatoms. The molecule has 31 heavy (non-hydrogen) atoms. The molecule has 3 rings (SSSR count). The van der Waals surface area contributed by atoms with Gasteiger partial charge >= 0.3 is 5.91 Å². The second kappa shape index (κ2) is 10.8. The monoisotopic (exact) mass is 450 g/mol. The molecule has 2 N–H and O–H groups in total. The highest BCUT2D eigenvalue weighted by atomic mass is 32.2. The number of ketones is 1. The number of amidine groups is 1. The summed E-state index contributed by atoms with van der Waals surface area (Å²) < 4.78 is 0. The van der Waals surface area contributed by atoms with E-state index in [-0.39, 0.29) is 23.3 Å². The van der Waals surface area contributed by atoms with Crippen molar-refractivity contribution in [3.8, 4) is 0 Å². The number of nitrogens with zero attached hydrogens (tertiary/aromatic N) is 2. The molecule has 0 radical (unpaired) electrons. The van der Waals surface area contributed by atoms with Crippen LogP contribution in [0.4, 0.5) is 0 Å². The molecule has 0 aromatic heterocycles. The first-order chi connectivity index (χ1) is 14.8. The summed E-state index contributed by atoms with van der Waals surface area (Å²) in [6.07, 6.45) is 11.1. The molecule has 7 nitrogen and oxygen atoms in total. The predicted octanol–water partition coefficient (Wildman–Crippen LogP) is 3.44. The van der Waals surface area contributed by atoms with Crippen LogP contribution in [0.5, 0.6) is 0 Å². The summed E-state index contributed by atoms with van der Waals surface area (Å²) in [4.78, 5) is 40.8. The van der Waals surface area contributed by atoms with Gasteiger partial charge in [-0.3, -0.25) is 14.4 Å². The lowest BCUT2D eigenvalue weighted by atomic mass is 9.81. The maximum atomic E-state index is 13.1. The zero-order valence-corrected chi connectivity index (χ0v) is 20.1. The molecule has 1 heterocycles. The quantitative estimate of drug-likeness (QED) is 0.367. The van der Waals surface area contributed by atoms with Gasteiger partial charge in [0, 0.05) is 24.3 Å². The van der Waals surface area contributed by atoms with E-state index in [0.717, 1.165) is 63.5 Å². The summed E-state index contributed by atoms with van der Waals surface area (Å²) in [7, 11) is 1.94.